The average molecular weight is 434 g/mol. The van der Waals surface area contributed by atoms with Crippen molar-refractivity contribution >= 4 is 29.3 Å². The van der Waals surface area contributed by atoms with Crippen molar-refractivity contribution in [2.45, 2.75) is 10.9 Å². The van der Waals surface area contributed by atoms with E-state index < -0.39 is 0 Å². The molecule has 3 aromatic carbocycles. The van der Waals surface area contributed by atoms with Crippen LogP contribution in [0.4, 0.5) is 5.69 Å². The number of hydrogen-bond donors (Lipinski definition) is 0. The van der Waals surface area contributed by atoms with Crippen LogP contribution in [0.1, 0.15) is 22.0 Å². The van der Waals surface area contributed by atoms with Crippen molar-refractivity contribution in [3.05, 3.63) is 90.0 Å². The Kier molecular flexibility index (Phi) is 6.28. The van der Waals surface area contributed by atoms with Gasteiger partial charge in [0.2, 0.25) is 5.91 Å². The first-order chi connectivity index (χ1) is 15.1. The lowest BCUT2D eigenvalue weighted by Crippen LogP contribution is -2.56. The van der Waals surface area contributed by atoms with Gasteiger partial charge in [-0.1, -0.05) is 42.5 Å². The number of amides is 1. The summed E-state index contributed by atoms with van der Waals surface area (Å²) in [4.78, 5) is 27.9. The predicted molar refractivity (Wildman–Crippen MR) is 122 cm³/mol. The van der Waals surface area contributed by atoms with Crippen molar-refractivity contribution in [3.8, 4) is 5.75 Å². The van der Waals surface area contributed by atoms with Gasteiger partial charge in [0.25, 0.3) is 0 Å². The van der Waals surface area contributed by atoms with Crippen molar-refractivity contribution in [2.75, 3.05) is 24.9 Å². The normalized spacial score (nSPS) is 17.7. The van der Waals surface area contributed by atoms with E-state index in [4.69, 9.17) is 9.47 Å². The molecule has 2 atom stereocenters. The molecule has 0 N–H and O–H groups in total. The van der Waals surface area contributed by atoms with Crippen molar-refractivity contribution < 1.29 is 19.1 Å². The Labute approximate surface area is 186 Å². The first-order valence-electron chi connectivity index (χ1n) is 9.96. The van der Waals surface area contributed by atoms with Gasteiger partial charge < -0.3 is 14.4 Å². The molecule has 1 fully saturated rings. The maximum Gasteiger partial charge on any atom is 0.338 e. The Hall–Kier alpha value is -3.25. The van der Waals surface area contributed by atoms with Crippen LogP contribution in [-0.4, -0.2) is 31.8 Å². The first kappa shape index (κ1) is 21.0. The molecule has 3 aromatic rings. The molecule has 1 amide bonds. The molecular weight excluding hydrogens is 410 g/mol. The number of methoxy groups -OCH3 is 2. The number of thioether (sulfide) groups is 1. The van der Waals surface area contributed by atoms with Gasteiger partial charge >= 0.3 is 5.97 Å². The summed E-state index contributed by atoms with van der Waals surface area (Å²) in [5.41, 5.74) is 2.45. The molecule has 0 radical (unpaired) electrons. The Balaban J connectivity index is 1.59. The Morgan fingerprint density at radius 3 is 2.29 bits per heavy atom. The summed E-state index contributed by atoms with van der Waals surface area (Å²) in [5, 5.41) is 0. The third kappa shape index (κ3) is 4.16. The topological polar surface area (TPSA) is 55.8 Å². The van der Waals surface area contributed by atoms with E-state index in [0.29, 0.717) is 11.3 Å². The van der Waals surface area contributed by atoms with E-state index >= 15 is 0 Å². The second-order valence-corrected chi connectivity index (χ2v) is 8.23. The molecule has 1 saturated heterocycles. The predicted octanol–water partition coefficient (Wildman–Crippen LogP) is 4.98. The van der Waals surface area contributed by atoms with E-state index in [2.05, 4.69) is 0 Å². The van der Waals surface area contributed by atoms with Crippen LogP contribution in [0.25, 0.3) is 0 Å². The van der Waals surface area contributed by atoms with E-state index in [-0.39, 0.29) is 23.8 Å². The number of benzene rings is 3. The van der Waals surface area contributed by atoms with Gasteiger partial charge in [-0.15, -0.1) is 11.8 Å². The van der Waals surface area contributed by atoms with Crippen LogP contribution in [0.5, 0.6) is 5.75 Å². The number of esters is 1. The Bertz CT molecular complexity index is 1070. The number of rotatable bonds is 7. The van der Waals surface area contributed by atoms with Crippen LogP contribution in [0.3, 0.4) is 0 Å². The summed E-state index contributed by atoms with van der Waals surface area (Å²) < 4.78 is 10.1. The van der Waals surface area contributed by atoms with Crippen LogP contribution in [0.2, 0.25) is 0 Å². The molecular formula is C25H23NO4S. The molecule has 0 aliphatic carbocycles. The van der Waals surface area contributed by atoms with E-state index in [1.54, 1.807) is 13.2 Å². The molecule has 1 aliphatic heterocycles. The zero-order valence-corrected chi connectivity index (χ0v) is 18.2. The van der Waals surface area contributed by atoms with Gasteiger partial charge in [0.1, 0.15) is 5.75 Å². The minimum Gasteiger partial charge on any atom is -0.497 e. The second kappa shape index (κ2) is 9.27. The lowest BCUT2D eigenvalue weighted by Gasteiger charge is -2.47. The van der Waals surface area contributed by atoms with Gasteiger partial charge in [-0.25, -0.2) is 4.79 Å². The number of β-lactam (4-membered cyclic amide) rings is 1. The van der Waals surface area contributed by atoms with Crippen molar-refractivity contribution in [1.29, 1.82) is 0 Å². The molecule has 0 unspecified atom stereocenters. The maximum atomic E-state index is 13.2. The lowest BCUT2D eigenvalue weighted by molar-refractivity contribution is -0.129. The standard InChI is InChI=1S/C25H23NO4S/c1-29-19-14-12-18(13-15-19)26-23(17-8-4-3-5-9-17)21(24(26)27)16-31-22-11-7-6-10-20(22)25(28)30-2/h3-15,21,23H,16H2,1-2H3/t21-,23-/m0/s1. The molecule has 31 heavy (non-hydrogen) atoms. The molecule has 1 heterocycles. The maximum absolute atomic E-state index is 13.2. The molecule has 0 saturated carbocycles. The van der Waals surface area contributed by atoms with Gasteiger partial charge in [0.15, 0.2) is 0 Å². The largest absolute Gasteiger partial charge is 0.497 e. The summed E-state index contributed by atoms with van der Waals surface area (Å²) in [6.45, 7) is 0. The summed E-state index contributed by atoms with van der Waals surface area (Å²) in [6.07, 6.45) is 0. The minimum atomic E-state index is -0.373. The summed E-state index contributed by atoms with van der Waals surface area (Å²) in [7, 11) is 2.99. The molecule has 5 nitrogen and oxygen atoms in total. The van der Waals surface area contributed by atoms with Crippen molar-refractivity contribution in [1.82, 2.24) is 0 Å². The number of nitrogens with zero attached hydrogens (tertiary/aromatic N) is 1. The SMILES string of the molecule is COC(=O)c1ccccc1SC[C@@H]1C(=O)N(c2ccc(OC)cc2)[C@H]1c1ccccc1. The highest BCUT2D eigenvalue weighted by Gasteiger charge is 2.48. The summed E-state index contributed by atoms with van der Waals surface area (Å²) in [6, 6.07) is 24.8. The second-order valence-electron chi connectivity index (χ2n) is 7.17. The fraction of sp³-hybridized carbons (Fsp3) is 0.200. The molecule has 6 heteroatoms. The molecule has 0 bridgehead atoms. The lowest BCUT2D eigenvalue weighted by atomic mass is 9.83. The van der Waals surface area contributed by atoms with E-state index in [1.165, 1.54) is 18.9 Å². The molecule has 1 aliphatic rings. The van der Waals surface area contributed by atoms with Crippen LogP contribution in [0, 0.1) is 5.92 Å². The minimum absolute atomic E-state index is 0.0696. The van der Waals surface area contributed by atoms with Gasteiger partial charge in [0, 0.05) is 16.3 Å². The smallest absolute Gasteiger partial charge is 0.338 e. The number of carbonyl (C=O) groups excluding carboxylic acids is 2. The first-order valence-corrected chi connectivity index (χ1v) is 10.9. The average Bonchev–Trinajstić information content (AvgIpc) is 2.83. The Morgan fingerprint density at radius 2 is 1.61 bits per heavy atom. The molecule has 4 rings (SSSR count). The highest BCUT2D eigenvalue weighted by Crippen LogP contribution is 2.46. The van der Waals surface area contributed by atoms with Gasteiger partial charge in [-0.3, -0.25) is 4.79 Å². The quantitative estimate of drug-likeness (QED) is 0.299. The number of anilines is 1. The molecule has 0 spiro atoms. The summed E-state index contributed by atoms with van der Waals surface area (Å²) in [5.74, 6) is 0.822. The van der Waals surface area contributed by atoms with E-state index in [0.717, 1.165) is 21.9 Å². The number of carbonyl (C=O) groups is 2. The third-order valence-corrected chi connectivity index (χ3v) is 6.61. The highest BCUT2D eigenvalue weighted by molar-refractivity contribution is 7.99. The number of ether oxygens (including phenoxy) is 2. The van der Waals surface area contributed by atoms with E-state index in [9.17, 15) is 9.59 Å². The van der Waals surface area contributed by atoms with Crippen LogP contribution in [0.15, 0.2) is 83.8 Å². The van der Waals surface area contributed by atoms with Gasteiger partial charge in [-0.2, -0.15) is 0 Å². The van der Waals surface area contributed by atoms with Crippen LogP contribution >= 0.6 is 11.8 Å². The monoisotopic (exact) mass is 433 g/mol. The third-order valence-electron chi connectivity index (χ3n) is 5.42. The number of hydrogen-bond acceptors (Lipinski definition) is 5. The van der Waals surface area contributed by atoms with Gasteiger partial charge in [0.05, 0.1) is 31.7 Å². The van der Waals surface area contributed by atoms with Crippen LogP contribution in [-0.2, 0) is 9.53 Å². The molecule has 0 aromatic heterocycles. The summed E-state index contributed by atoms with van der Waals surface area (Å²) >= 11 is 1.51. The fourth-order valence-electron chi connectivity index (χ4n) is 3.82. The van der Waals surface area contributed by atoms with E-state index in [1.807, 2.05) is 77.7 Å². The van der Waals surface area contributed by atoms with Crippen LogP contribution < -0.4 is 9.64 Å². The molecule has 158 valence electrons. The van der Waals surface area contributed by atoms with Crippen molar-refractivity contribution in [2.24, 2.45) is 5.92 Å². The zero-order valence-electron chi connectivity index (χ0n) is 17.4. The highest BCUT2D eigenvalue weighted by atomic mass is 32.2. The fourth-order valence-corrected chi connectivity index (χ4v) is 4.99. The van der Waals surface area contributed by atoms with Crippen molar-refractivity contribution in [3.63, 3.8) is 0 Å². The van der Waals surface area contributed by atoms with Gasteiger partial charge in [-0.05, 0) is 42.0 Å². The zero-order chi connectivity index (χ0) is 21.8. The Morgan fingerprint density at radius 1 is 0.935 bits per heavy atom.